The summed E-state index contributed by atoms with van der Waals surface area (Å²) >= 11 is 0. The maximum absolute atomic E-state index is 5.72. The number of nitrogens with two attached hydrogens (primary N) is 1. The highest BCUT2D eigenvalue weighted by Crippen LogP contribution is 2.06. The van der Waals surface area contributed by atoms with Crippen LogP contribution in [0, 0.1) is 0 Å². The molecule has 90 valence electrons. The van der Waals surface area contributed by atoms with Crippen molar-refractivity contribution in [1.82, 2.24) is 5.32 Å². The van der Waals surface area contributed by atoms with Crippen LogP contribution in [0.2, 0.25) is 0 Å². The molecule has 0 aliphatic rings. The molecule has 0 aliphatic carbocycles. The van der Waals surface area contributed by atoms with Gasteiger partial charge in [-0.05, 0) is 42.8 Å². The Kier molecular flexibility index (Phi) is 4.22. The van der Waals surface area contributed by atoms with E-state index in [0.717, 1.165) is 37.4 Å². The Balaban J connectivity index is 1.63. The Labute approximate surface area is 102 Å². The monoisotopic (exact) mass is 230 g/mol. The second-order valence-electron chi connectivity index (χ2n) is 4.07. The van der Waals surface area contributed by atoms with E-state index in [1.807, 2.05) is 30.3 Å². The van der Waals surface area contributed by atoms with Gasteiger partial charge < -0.3 is 15.5 Å². The summed E-state index contributed by atoms with van der Waals surface area (Å²) < 4.78 is 5.26. The smallest absolute Gasteiger partial charge is 0.105 e. The third-order valence-electron chi connectivity index (χ3n) is 2.67. The summed E-state index contributed by atoms with van der Waals surface area (Å²) in [6, 6.07) is 11.9. The number of furan rings is 1. The second-order valence-corrected chi connectivity index (χ2v) is 4.07. The zero-order valence-electron chi connectivity index (χ0n) is 9.86. The molecule has 0 saturated heterocycles. The number of hydrogen-bond donors (Lipinski definition) is 2. The van der Waals surface area contributed by atoms with Gasteiger partial charge in [0.05, 0.1) is 6.26 Å². The third kappa shape index (κ3) is 3.96. The van der Waals surface area contributed by atoms with Crippen molar-refractivity contribution in [1.29, 1.82) is 0 Å². The largest absolute Gasteiger partial charge is 0.469 e. The van der Waals surface area contributed by atoms with E-state index in [1.54, 1.807) is 6.26 Å². The maximum atomic E-state index is 5.72. The molecule has 17 heavy (non-hydrogen) atoms. The zero-order chi connectivity index (χ0) is 11.9. The van der Waals surface area contributed by atoms with Crippen molar-refractivity contribution in [2.45, 2.75) is 12.8 Å². The number of benzene rings is 1. The molecule has 1 aromatic heterocycles. The SMILES string of the molecule is Nc1cccc(CCNCCc2ccco2)c1. The van der Waals surface area contributed by atoms with Crippen molar-refractivity contribution in [2.24, 2.45) is 0 Å². The van der Waals surface area contributed by atoms with E-state index >= 15 is 0 Å². The number of nitrogens with one attached hydrogen (secondary N) is 1. The fourth-order valence-electron chi connectivity index (χ4n) is 1.77. The Morgan fingerprint density at radius 1 is 1.06 bits per heavy atom. The van der Waals surface area contributed by atoms with Gasteiger partial charge in [0, 0.05) is 18.7 Å². The van der Waals surface area contributed by atoms with Crippen molar-refractivity contribution in [3.63, 3.8) is 0 Å². The summed E-state index contributed by atoms with van der Waals surface area (Å²) in [7, 11) is 0. The summed E-state index contributed by atoms with van der Waals surface area (Å²) in [6.45, 7) is 1.90. The number of anilines is 1. The number of rotatable bonds is 6. The first kappa shape index (κ1) is 11.7. The highest BCUT2D eigenvalue weighted by molar-refractivity contribution is 5.40. The van der Waals surface area contributed by atoms with Gasteiger partial charge in [-0.15, -0.1) is 0 Å². The minimum absolute atomic E-state index is 0.832. The number of nitrogen functional groups attached to an aromatic ring is 1. The van der Waals surface area contributed by atoms with Gasteiger partial charge in [0.25, 0.3) is 0 Å². The Hall–Kier alpha value is -1.74. The summed E-state index contributed by atoms with van der Waals surface area (Å²) in [6.07, 6.45) is 3.65. The molecule has 3 N–H and O–H groups in total. The molecule has 1 heterocycles. The topological polar surface area (TPSA) is 51.2 Å². The van der Waals surface area contributed by atoms with E-state index in [0.29, 0.717) is 0 Å². The molecule has 0 aliphatic heterocycles. The van der Waals surface area contributed by atoms with Crippen LogP contribution < -0.4 is 11.1 Å². The second kappa shape index (κ2) is 6.11. The van der Waals surface area contributed by atoms with Gasteiger partial charge in [-0.25, -0.2) is 0 Å². The first-order chi connectivity index (χ1) is 8.34. The third-order valence-corrected chi connectivity index (χ3v) is 2.67. The molecule has 0 spiro atoms. The maximum Gasteiger partial charge on any atom is 0.105 e. The molecule has 0 unspecified atom stereocenters. The van der Waals surface area contributed by atoms with E-state index in [9.17, 15) is 0 Å². The Morgan fingerprint density at radius 3 is 2.71 bits per heavy atom. The molecule has 0 amide bonds. The standard InChI is InChI=1S/C14H18N2O/c15-13-4-1-3-12(11-13)6-8-16-9-7-14-5-2-10-17-14/h1-5,10-11,16H,6-9,15H2. The summed E-state index contributed by atoms with van der Waals surface area (Å²) in [4.78, 5) is 0. The lowest BCUT2D eigenvalue weighted by Gasteiger charge is -2.04. The predicted molar refractivity (Wildman–Crippen MR) is 69.8 cm³/mol. The number of hydrogen-bond acceptors (Lipinski definition) is 3. The summed E-state index contributed by atoms with van der Waals surface area (Å²) in [5.41, 5.74) is 7.83. The van der Waals surface area contributed by atoms with Gasteiger partial charge in [-0.2, -0.15) is 0 Å². The van der Waals surface area contributed by atoms with Crippen LogP contribution in [-0.4, -0.2) is 13.1 Å². The van der Waals surface area contributed by atoms with Crippen molar-refractivity contribution in [2.75, 3.05) is 18.8 Å². The molecule has 2 rings (SSSR count). The van der Waals surface area contributed by atoms with Crippen LogP contribution in [0.1, 0.15) is 11.3 Å². The van der Waals surface area contributed by atoms with Crippen LogP contribution in [0.5, 0.6) is 0 Å². The quantitative estimate of drug-likeness (QED) is 0.591. The highest BCUT2D eigenvalue weighted by Gasteiger charge is 1.96. The molecule has 3 heteroatoms. The van der Waals surface area contributed by atoms with Crippen LogP contribution in [0.25, 0.3) is 0 Å². The summed E-state index contributed by atoms with van der Waals surface area (Å²) in [5.74, 6) is 1.03. The fourth-order valence-corrected chi connectivity index (χ4v) is 1.77. The zero-order valence-corrected chi connectivity index (χ0v) is 9.86. The lowest BCUT2D eigenvalue weighted by molar-refractivity contribution is 0.499. The Morgan fingerprint density at radius 2 is 1.94 bits per heavy atom. The average Bonchev–Trinajstić information content (AvgIpc) is 2.82. The van der Waals surface area contributed by atoms with E-state index in [2.05, 4.69) is 11.4 Å². The van der Waals surface area contributed by atoms with Crippen molar-refractivity contribution in [3.05, 3.63) is 54.0 Å². The first-order valence-electron chi connectivity index (χ1n) is 5.92. The van der Waals surface area contributed by atoms with Crippen LogP contribution in [-0.2, 0) is 12.8 Å². The first-order valence-corrected chi connectivity index (χ1v) is 5.92. The molecule has 3 nitrogen and oxygen atoms in total. The molecule has 0 radical (unpaired) electrons. The van der Waals surface area contributed by atoms with Crippen LogP contribution in [0.3, 0.4) is 0 Å². The van der Waals surface area contributed by atoms with Crippen molar-refractivity contribution < 1.29 is 4.42 Å². The highest BCUT2D eigenvalue weighted by atomic mass is 16.3. The fraction of sp³-hybridized carbons (Fsp3) is 0.286. The van der Waals surface area contributed by atoms with Crippen LogP contribution in [0.4, 0.5) is 5.69 Å². The normalized spacial score (nSPS) is 10.6. The molecular weight excluding hydrogens is 212 g/mol. The van der Waals surface area contributed by atoms with E-state index in [4.69, 9.17) is 10.2 Å². The average molecular weight is 230 g/mol. The molecule has 0 fully saturated rings. The minimum Gasteiger partial charge on any atom is -0.469 e. The van der Waals surface area contributed by atoms with Gasteiger partial charge in [-0.3, -0.25) is 0 Å². The van der Waals surface area contributed by atoms with E-state index in [-0.39, 0.29) is 0 Å². The van der Waals surface area contributed by atoms with Gasteiger partial charge in [0.2, 0.25) is 0 Å². The summed E-state index contributed by atoms with van der Waals surface area (Å²) in [5, 5.41) is 3.39. The van der Waals surface area contributed by atoms with E-state index < -0.39 is 0 Å². The van der Waals surface area contributed by atoms with Crippen LogP contribution >= 0.6 is 0 Å². The molecule has 0 saturated carbocycles. The molecule has 2 aromatic rings. The molecule has 1 aromatic carbocycles. The lowest BCUT2D eigenvalue weighted by Crippen LogP contribution is -2.20. The van der Waals surface area contributed by atoms with Gasteiger partial charge in [0.1, 0.15) is 5.76 Å². The van der Waals surface area contributed by atoms with Gasteiger partial charge in [0.15, 0.2) is 0 Å². The van der Waals surface area contributed by atoms with E-state index in [1.165, 1.54) is 5.56 Å². The van der Waals surface area contributed by atoms with Crippen LogP contribution in [0.15, 0.2) is 47.1 Å². The van der Waals surface area contributed by atoms with Gasteiger partial charge in [-0.1, -0.05) is 12.1 Å². The predicted octanol–water partition coefficient (Wildman–Crippen LogP) is 2.24. The lowest BCUT2D eigenvalue weighted by atomic mass is 10.1. The molecular formula is C14H18N2O. The van der Waals surface area contributed by atoms with Crippen molar-refractivity contribution in [3.8, 4) is 0 Å². The molecule has 0 bridgehead atoms. The molecule has 0 atom stereocenters. The van der Waals surface area contributed by atoms with Crippen molar-refractivity contribution >= 4 is 5.69 Å². The Bertz CT molecular complexity index is 437. The minimum atomic E-state index is 0.832. The van der Waals surface area contributed by atoms with Gasteiger partial charge >= 0.3 is 0 Å².